The van der Waals surface area contributed by atoms with Crippen LogP contribution in [-0.4, -0.2) is 27.6 Å². The van der Waals surface area contributed by atoms with E-state index in [9.17, 15) is 4.79 Å². The van der Waals surface area contributed by atoms with Crippen molar-refractivity contribution in [2.75, 3.05) is 6.54 Å². The Labute approximate surface area is 88.2 Å². The van der Waals surface area contributed by atoms with Gasteiger partial charge in [0.1, 0.15) is 5.38 Å². The van der Waals surface area contributed by atoms with Gasteiger partial charge < -0.3 is 5.32 Å². The van der Waals surface area contributed by atoms with Crippen LogP contribution >= 0.6 is 11.6 Å². The van der Waals surface area contributed by atoms with Crippen molar-refractivity contribution < 1.29 is 4.79 Å². The maximum Gasteiger partial charge on any atom is 0.237 e. The van der Waals surface area contributed by atoms with Crippen LogP contribution in [0.15, 0.2) is 12.3 Å². The van der Waals surface area contributed by atoms with Crippen LogP contribution in [0.2, 0.25) is 0 Å². The van der Waals surface area contributed by atoms with Crippen molar-refractivity contribution in [3.05, 3.63) is 18.0 Å². The molecule has 1 unspecified atom stereocenters. The van der Waals surface area contributed by atoms with Gasteiger partial charge in [-0.15, -0.1) is 11.6 Å². The molecule has 0 fully saturated rings. The Morgan fingerprint density at radius 2 is 2.50 bits per heavy atom. The Morgan fingerprint density at radius 3 is 3.00 bits per heavy atom. The number of hydrogen-bond donors (Lipinski definition) is 1. The number of aromatic nitrogens is 2. The van der Waals surface area contributed by atoms with E-state index < -0.39 is 5.38 Å². The molecule has 1 heterocycles. The Balaban J connectivity index is 2.25. The van der Waals surface area contributed by atoms with E-state index in [1.54, 1.807) is 11.6 Å². The topological polar surface area (TPSA) is 46.9 Å². The number of rotatable bonds is 4. The molecule has 1 aromatic heterocycles. The zero-order valence-corrected chi connectivity index (χ0v) is 9.08. The largest absolute Gasteiger partial charge is 0.354 e. The van der Waals surface area contributed by atoms with Gasteiger partial charge in [0.25, 0.3) is 0 Å². The van der Waals surface area contributed by atoms with Crippen LogP contribution in [0.1, 0.15) is 12.6 Å². The number of amides is 1. The molecule has 1 amide bonds. The third-order valence-corrected chi connectivity index (χ3v) is 2.01. The predicted octanol–water partition coefficient (Wildman–Crippen LogP) is 0.706. The van der Waals surface area contributed by atoms with Crippen LogP contribution in [0.3, 0.4) is 0 Å². The van der Waals surface area contributed by atoms with Crippen LogP contribution in [-0.2, 0) is 18.3 Å². The first kappa shape index (κ1) is 11.0. The maximum absolute atomic E-state index is 11.1. The lowest BCUT2D eigenvalue weighted by molar-refractivity contribution is -0.120. The van der Waals surface area contributed by atoms with Crippen molar-refractivity contribution in [2.24, 2.45) is 7.05 Å². The summed E-state index contributed by atoms with van der Waals surface area (Å²) in [4.78, 5) is 11.1. The number of nitrogens with one attached hydrogen (secondary N) is 1. The highest BCUT2D eigenvalue weighted by molar-refractivity contribution is 6.30. The third-order valence-electron chi connectivity index (χ3n) is 1.81. The van der Waals surface area contributed by atoms with E-state index in [1.165, 1.54) is 0 Å². The van der Waals surface area contributed by atoms with Crippen LogP contribution in [0.5, 0.6) is 0 Å². The number of aryl methyl sites for hydroxylation is 1. The normalized spacial score (nSPS) is 12.5. The molecule has 0 aliphatic heterocycles. The van der Waals surface area contributed by atoms with E-state index in [0.717, 1.165) is 12.1 Å². The van der Waals surface area contributed by atoms with Crippen molar-refractivity contribution in [1.29, 1.82) is 0 Å². The van der Waals surface area contributed by atoms with E-state index in [1.807, 2.05) is 19.3 Å². The van der Waals surface area contributed by atoms with Gasteiger partial charge in [0.15, 0.2) is 0 Å². The quantitative estimate of drug-likeness (QED) is 0.752. The first-order valence-corrected chi connectivity index (χ1v) is 4.93. The van der Waals surface area contributed by atoms with Crippen molar-refractivity contribution in [3.8, 4) is 0 Å². The summed E-state index contributed by atoms with van der Waals surface area (Å²) in [6.45, 7) is 2.23. The van der Waals surface area contributed by atoms with Gasteiger partial charge in [-0.2, -0.15) is 5.10 Å². The van der Waals surface area contributed by atoms with Gasteiger partial charge in [0, 0.05) is 26.2 Å². The number of nitrogens with zero attached hydrogens (tertiary/aromatic N) is 2. The van der Waals surface area contributed by atoms with E-state index in [0.29, 0.717) is 6.54 Å². The summed E-state index contributed by atoms with van der Waals surface area (Å²) in [5.41, 5.74) is 0.968. The zero-order valence-electron chi connectivity index (χ0n) is 8.33. The standard InChI is InChI=1S/C9H14ClN3O/c1-7(10)9(14)11-5-3-8-4-6-13(2)12-8/h4,6-7H,3,5H2,1-2H3,(H,11,14). The molecule has 1 atom stereocenters. The van der Waals surface area contributed by atoms with Gasteiger partial charge in [-0.25, -0.2) is 0 Å². The Hall–Kier alpha value is -1.03. The molecule has 0 saturated heterocycles. The Morgan fingerprint density at radius 1 is 1.79 bits per heavy atom. The number of carbonyl (C=O) groups excluding carboxylic acids is 1. The van der Waals surface area contributed by atoms with E-state index in [-0.39, 0.29) is 5.91 Å². The number of hydrogen-bond acceptors (Lipinski definition) is 2. The average molecular weight is 216 g/mol. The fraction of sp³-hybridized carbons (Fsp3) is 0.556. The van der Waals surface area contributed by atoms with E-state index >= 15 is 0 Å². The summed E-state index contributed by atoms with van der Waals surface area (Å²) in [5.74, 6) is -0.136. The highest BCUT2D eigenvalue weighted by Crippen LogP contribution is 1.95. The van der Waals surface area contributed by atoms with E-state index in [4.69, 9.17) is 11.6 Å². The molecule has 1 N–H and O–H groups in total. The number of halogens is 1. The minimum absolute atomic E-state index is 0.136. The maximum atomic E-state index is 11.1. The second kappa shape index (κ2) is 5.00. The lowest BCUT2D eigenvalue weighted by Gasteiger charge is -2.04. The minimum atomic E-state index is -0.473. The summed E-state index contributed by atoms with van der Waals surface area (Å²) < 4.78 is 1.74. The van der Waals surface area contributed by atoms with Crippen LogP contribution in [0.4, 0.5) is 0 Å². The molecule has 0 aliphatic carbocycles. The minimum Gasteiger partial charge on any atom is -0.354 e. The van der Waals surface area contributed by atoms with Gasteiger partial charge in [0.2, 0.25) is 5.91 Å². The third kappa shape index (κ3) is 3.38. The molecule has 0 radical (unpaired) electrons. The molecule has 0 bridgehead atoms. The molecule has 1 aromatic rings. The van der Waals surface area contributed by atoms with Crippen molar-refractivity contribution in [2.45, 2.75) is 18.7 Å². The van der Waals surface area contributed by atoms with Gasteiger partial charge in [-0.3, -0.25) is 9.48 Å². The highest BCUT2D eigenvalue weighted by Gasteiger charge is 2.07. The second-order valence-electron chi connectivity index (χ2n) is 3.14. The average Bonchev–Trinajstić information content (AvgIpc) is 2.51. The molecular formula is C9H14ClN3O. The molecule has 78 valence electrons. The molecule has 4 nitrogen and oxygen atoms in total. The van der Waals surface area contributed by atoms with Gasteiger partial charge in [-0.05, 0) is 13.0 Å². The summed E-state index contributed by atoms with van der Waals surface area (Å²) >= 11 is 5.58. The molecular weight excluding hydrogens is 202 g/mol. The molecule has 0 spiro atoms. The molecule has 0 aliphatic rings. The van der Waals surface area contributed by atoms with Crippen molar-refractivity contribution >= 4 is 17.5 Å². The Kier molecular flexibility index (Phi) is 3.95. The molecule has 14 heavy (non-hydrogen) atoms. The fourth-order valence-electron chi connectivity index (χ4n) is 1.05. The fourth-order valence-corrected chi connectivity index (χ4v) is 1.13. The number of alkyl halides is 1. The van der Waals surface area contributed by atoms with E-state index in [2.05, 4.69) is 10.4 Å². The summed E-state index contributed by atoms with van der Waals surface area (Å²) in [6.07, 6.45) is 2.61. The summed E-state index contributed by atoms with van der Waals surface area (Å²) in [6, 6.07) is 1.93. The molecule has 1 rings (SSSR count). The van der Waals surface area contributed by atoms with Gasteiger partial charge >= 0.3 is 0 Å². The summed E-state index contributed by atoms with van der Waals surface area (Å²) in [5, 5.41) is 6.43. The Bertz CT molecular complexity index is 309. The number of carbonyl (C=O) groups is 1. The lowest BCUT2D eigenvalue weighted by atomic mass is 10.3. The smallest absolute Gasteiger partial charge is 0.237 e. The molecule has 5 heteroatoms. The predicted molar refractivity (Wildman–Crippen MR) is 55.2 cm³/mol. The van der Waals surface area contributed by atoms with Gasteiger partial charge in [0.05, 0.1) is 5.69 Å². The first-order chi connectivity index (χ1) is 6.59. The lowest BCUT2D eigenvalue weighted by Crippen LogP contribution is -2.31. The molecule has 0 saturated carbocycles. The second-order valence-corrected chi connectivity index (χ2v) is 3.79. The van der Waals surface area contributed by atoms with Crippen LogP contribution < -0.4 is 5.32 Å². The SMILES string of the molecule is CC(Cl)C(=O)NCCc1ccn(C)n1. The first-order valence-electron chi connectivity index (χ1n) is 4.50. The van der Waals surface area contributed by atoms with Crippen LogP contribution in [0.25, 0.3) is 0 Å². The molecule has 0 aromatic carbocycles. The monoisotopic (exact) mass is 215 g/mol. The summed E-state index contributed by atoms with van der Waals surface area (Å²) in [7, 11) is 1.86. The zero-order chi connectivity index (χ0) is 10.6. The van der Waals surface area contributed by atoms with Crippen molar-refractivity contribution in [1.82, 2.24) is 15.1 Å². The highest BCUT2D eigenvalue weighted by atomic mass is 35.5. The van der Waals surface area contributed by atoms with Crippen molar-refractivity contribution in [3.63, 3.8) is 0 Å². The van der Waals surface area contributed by atoms with Crippen LogP contribution in [0, 0.1) is 0 Å². The van der Waals surface area contributed by atoms with Gasteiger partial charge in [-0.1, -0.05) is 0 Å².